The molecule has 2 aromatic heterocycles. The smallest absolute Gasteiger partial charge is 0.305 e. The average molecular weight is 615 g/mol. The maximum Gasteiger partial charge on any atom is 0.305 e. The SMILES string of the molecule is CCC1=C(C)C(/C=c2\[nH]/c(=C\c3[nH]c(/C=C4\NC(=O)C(C)=C4CC)c(C)c3CCC(=O)OC)c(CCC(=O)OC)c2C)=NC1=O. The minimum Gasteiger partial charge on any atom is -0.469 e. The van der Waals surface area contributed by atoms with E-state index in [4.69, 9.17) is 9.47 Å². The number of carbonyl (C=O) groups is 4. The number of hydrogen-bond acceptors (Lipinski definition) is 6. The maximum absolute atomic E-state index is 12.4. The van der Waals surface area contributed by atoms with Gasteiger partial charge in [0, 0.05) is 51.8 Å². The van der Waals surface area contributed by atoms with Crippen molar-refractivity contribution in [2.24, 2.45) is 4.99 Å². The second-order valence-corrected chi connectivity index (χ2v) is 11.3. The number of methoxy groups -OCH3 is 2. The Morgan fingerprint density at radius 1 is 0.733 bits per heavy atom. The Labute approximate surface area is 263 Å². The maximum atomic E-state index is 12.4. The molecule has 4 heterocycles. The van der Waals surface area contributed by atoms with E-state index in [-0.39, 0.29) is 36.6 Å². The molecule has 0 saturated carbocycles. The third-order valence-electron chi connectivity index (χ3n) is 8.76. The van der Waals surface area contributed by atoms with Crippen LogP contribution in [0.25, 0.3) is 18.2 Å². The summed E-state index contributed by atoms with van der Waals surface area (Å²) >= 11 is 0. The van der Waals surface area contributed by atoms with Gasteiger partial charge in [-0.25, -0.2) is 4.99 Å². The first-order valence-electron chi connectivity index (χ1n) is 15.3. The van der Waals surface area contributed by atoms with Gasteiger partial charge in [0.25, 0.3) is 11.8 Å². The molecule has 2 amide bonds. The van der Waals surface area contributed by atoms with Crippen LogP contribution in [0.1, 0.15) is 87.0 Å². The number of rotatable bonds is 11. The van der Waals surface area contributed by atoms with Gasteiger partial charge in [0.05, 0.1) is 19.9 Å². The number of ether oxygens (including phenoxy) is 2. The van der Waals surface area contributed by atoms with Crippen molar-refractivity contribution < 1.29 is 28.7 Å². The van der Waals surface area contributed by atoms with Crippen LogP contribution in [0, 0.1) is 13.8 Å². The lowest BCUT2D eigenvalue weighted by molar-refractivity contribution is -0.141. The molecular formula is C35H42N4O6. The monoisotopic (exact) mass is 614 g/mol. The predicted octanol–water partition coefficient (Wildman–Crippen LogP) is 3.69. The van der Waals surface area contributed by atoms with E-state index in [0.717, 1.165) is 61.2 Å². The van der Waals surface area contributed by atoms with E-state index in [2.05, 4.69) is 20.3 Å². The minimum absolute atomic E-state index is 0.106. The second kappa shape index (κ2) is 13.9. The van der Waals surface area contributed by atoms with Crippen molar-refractivity contribution in [2.45, 2.75) is 80.1 Å². The quantitative estimate of drug-likeness (QED) is 0.330. The molecule has 2 aliphatic heterocycles. The highest BCUT2D eigenvalue weighted by Crippen LogP contribution is 2.28. The van der Waals surface area contributed by atoms with Crippen LogP contribution in [0.3, 0.4) is 0 Å². The van der Waals surface area contributed by atoms with E-state index in [1.54, 1.807) is 0 Å². The van der Waals surface area contributed by atoms with Gasteiger partial charge in [-0.2, -0.15) is 0 Å². The largest absolute Gasteiger partial charge is 0.469 e. The Morgan fingerprint density at radius 2 is 1.36 bits per heavy atom. The van der Waals surface area contributed by atoms with Crippen molar-refractivity contribution in [1.82, 2.24) is 15.3 Å². The van der Waals surface area contributed by atoms with E-state index >= 15 is 0 Å². The normalized spacial score (nSPS) is 16.8. The number of amides is 2. The minimum atomic E-state index is -0.318. The molecule has 2 aromatic rings. The topological polar surface area (TPSA) is 143 Å². The Balaban J connectivity index is 1.91. The van der Waals surface area contributed by atoms with Gasteiger partial charge in [-0.15, -0.1) is 0 Å². The summed E-state index contributed by atoms with van der Waals surface area (Å²) in [6.45, 7) is 11.6. The van der Waals surface area contributed by atoms with E-state index < -0.39 is 0 Å². The van der Waals surface area contributed by atoms with E-state index in [1.165, 1.54) is 14.2 Å². The number of aromatic amines is 2. The number of nitrogens with zero attached hydrogens (tertiary/aromatic N) is 1. The molecule has 0 aromatic carbocycles. The van der Waals surface area contributed by atoms with Crippen LogP contribution in [0.4, 0.5) is 0 Å². The third-order valence-corrected chi connectivity index (χ3v) is 8.76. The van der Waals surface area contributed by atoms with Crippen LogP contribution >= 0.6 is 0 Å². The fraction of sp³-hybridized carbons (Fsp3) is 0.400. The fourth-order valence-corrected chi connectivity index (χ4v) is 5.96. The highest BCUT2D eigenvalue weighted by molar-refractivity contribution is 6.30. The predicted molar refractivity (Wildman–Crippen MR) is 174 cm³/mol. The molecule has 2 aliphatic rings. The Kier molecular flexibility index (Phi) is 10.3. The lowest BCUT2D eigenvalue weighted by atomic mass is 10.0. The molecule has 238 valence electrons. The summed E-state index contributed by atoms with van der Waals surface area (Å²) in [5.74, 6) is -0.951. The molecule has 10 heteroatoms. The number of hydrogen-bond donors (Lipinski definition) is 3. The molecule has 0 spiro atoms. The first-order valence-corrected chi connectivity index (χ1v) is 15.3. The van der Waals surface area contributed by atoms with Gasteiger partial charge in [-0.3, -0.25) is 19.2 Å². The van der Waals surface area contributed by atoms with E-state index in [0.29, 0.717) is 42.5 Å². The van der Waals surface area contributed by atoms with E-state index in [1.807, 2.05) is 59.8 Å². The van der Waals surface area contributed by atoms with Crippen LogP contribution in [0.2, 0.25) is 0 Å². The van der Waals surface area contributed by atoms with Crippen LogP contribution < -0.4 is 16.0 Å². The zero-order valence-corrected chi connectivity index (χ0v) is 27.4. The van der Waals surface area contributed by atoms with Crippen molar-refractivity contribution >= 4 is 47.7 Å². The van der Waals surface area contributed by atoms with Gasteiger partial charge >= 0.3 is 11.9 Å². The zero-order chi connectivity index (χ0) is 33.0. The molecule has 0 unspecified atom stereocenters. The zero-order valence-electron chi connectivity index (χ0n) is 27.4. The van der Waals surface area contributed by atoms with Gasteiger partial charge in [0.1, 0.15) is 0 Å². The summed E-state index contributed by atoms with van der Waals surface area (Å²) in [6, 6.07) is 0. The average Bonchev–Trinajstić information content (AvgIpc) is 3.66. The van der Waals surface area contributed by atoms with E-state index in [9.17, 15) is 19.2 Å². The molecule has 0 fully saturated rings. The summed E-state index contributed by atoms with van der Waals surface area (Å²) in [5, 5.41) is 4.54. The molecule has 3 N–H and O–H groups in total. The van der Waals surface area contributed by atoms with Gasteiger partial charge in [0.2, 0.25) is 0 Å². The number of allylic oxidation sites excluding steroid dienone is 2. The fourth-order valence-electron chi connectivity index (χ4n) is 5.96. The van der Waals surface area contributed by atoms with Crippen molar-refractivity contribution in [1.29, 1.82) is 0 Å². The molecule has 0 radical (unpaired) electrons. The van der Waals surface area contributed by atoms with Gasteiger partial charge < -0.3 is 24.8 Å². The molecule has 10 nitrogen and oxygen atoms in total. The molecule has 0 bridgehead atoms. The molecular weight excluding hydrogens is 572 g/mol. The van der Waals surface area contributed by atoms with Crippen molar-refractivity contribution in [3.63, 3.8) is 0 Å². The summed E-state index contributed by atoms with van der Waals surface area (Å²) < 4.78 is 9.83. The van der Waals surface area contributed by atoms with Crippen molar-refractivity contribution in [2.75, 3.05) is 14.2 Å². The Hall–Kier alpha value is -4.73. The first kappa shape index (κ1) is 33.2. The number of aliphatic imine (C=N–C) groups is 1. The number of H-pyrrole nitrogens is 2. The van der Waals surface area contributed by atoms with Crippen molar-refractivity contribution in [3.05, 3.63) is 72.3 Å². The summed E-state index contributed by atoms with van der Waals surface area (Å²) in [4.78, 5) is 60.4. The molecule has 0 atom stereocenters. The Bertz CT molecular complexity index is 1830. The van der Waals surface area contributed by atoms with Crippen LogP contribution in [-0.4, -0.2) is 53.7 Å². The molecule has 0 saturated heterocycles. The Morgan fingerprint density at radius 3 is 1.93 bits per heavy atom. The molecule has 45 heavy (non-hydrogen) atoms. The number of carbonyl (C=O) groups excluding carboxylic acids is 4. The molecule has 0 aliphatic carbocycles. The summed E-state index contributed by atoms with van der Waals surface area (Å²) in [6.07, 6.45) is 8.36. The lowest BCUT2D eigenvalue weighted by Gasteiger charge is -2.04. The highest BCUT2D eigenvalue weighted by atomic mass is 16.5. The second-order valence-electron chi connectivity index (χ2n) is 11.3. The highest BCUT2D eigenvalue weighted by Gasteiger charge is 2.24. The molecule has 4 rings (SSSR count). The lowest BCUT2D eigenvalue weighted by Crippen LogP contribution is -2.15. The number of aromatic nitrogens is 2. The summed E-state index contributed by atoms with van der Waals surface area (Å²) in [7, 11) is 2.74. The number of nitrogens with one attached hydrogen (secondary N) is 3. The standard InChI is InChI=1S/C35H42N4O6/c1-9-22-21(6)34(42)39-29(22)16-27-20(5)25(12-14-33(41)45-8)31(37-27)17-30-24(11-13-32(40)44-7)19(4)26(36-30)15-28-18(3)23(10-2)35(43)38-28/h15-17,36-37H,9-14H2,1-8H3,(H,39,42)/b26-15-,29-16-,30-17-. The van der Waals surface area contributed by atoms with Crippen LogP contribution in [0.5, 0.6) is 0 Å². The summed E-state index contributed by atoms with van der Waals surface area (Å²) in [5.41, 5.74) is 9.94. The first-order chi connectivity index (χ1) is 21.4. The van der Waals surface area contributed by atoms with Gasteiger partial charge in [-0.05, 0) is 105 Å². The van der Waals surface area contributed by atoms with Crippen molar-refractivity contribution in [3.8, 4) is 0 Å². The van der Waals surface area contributed by atoms with Gasteiger partial charge in [0.15, 0.2) is 0 Å². The number of esters is 2. The van der Waals surface area contributed by atoms with Crippen LogP contribution in [-0.2, 0) is 41.5 Å². The van der Waals surface area contributed by atoms with Crippen LogP contribution in [0.15, 0.2) is 33.0 Å². The van der Waals surface area contributed by atoms with Gasteiger partial charge in [-0.1, -0.05) is 13.8 Å². The third kappa shape index (κ3) is 6.84.